The minimum atomic E-state index is -2.68. The monoisotopic (exact) mass is 458 g/mol. The van der Waals surface area contributed by atoms with Crippen molar-refractivity contribution >= 4 is 45.6 Å². The Morgan fingerprint density at radius 2 is 1.94 bits per heavy atom. The molecule has 4 rings (SSSR count). The van der Waals surface area contributed by atoms with Crippen LogP contribution in [0.5, 0.6) is 0 Å². The minimum absolute atomic E-state index is 0.0302. The first-order valence-corrected chi connectivity index (χ1v) is 10.7. The number of methoxy groups -OCH3 is 1. The third-order valence-electron chi connectivity index (χ3n) is 5.04. The number of amides is 1. The van der Waals surface area contributed by atoms with Crippen LogP contribution >= 0.6 is 11.8 Å². The highest BCUT2D eigenvalue weighted by Gasteiger charge is 2.25. The van der Waals surface area contributed by atoms with Crippen molar-refractivity contribution in [3.63, 3.8) is 0 Å². The molecule has 166 valence electrons. The van der Waals surface area contributed by atoms with Crippen LogP contribution in [0.4, 0.5) is 8.78 Å². The number of aromatic nitrogens is 3. The Balaban J connectivity index is 1.56. The molecule has 0 aliphatic rings. The summed E-state index contributed by atoms with van der Waals surface area (Å²) in [7, 11) is 1.25. The topological polar surface area (TPSA) is 89.0 Å². The summed E-state index contributed by atoms with van der Waals surface area (Å²) in [5, 5.41) is 3.65. The quantitative estimate of drug-likeness (QED) is 0.310. The highest BCUT2D eigenvalue weighted by Crippen LogP contribution is 2.28. The summed E-state index contributed by atoms with van der Waals surface area (Å²) < 4.78 is 32.3. The van der Waals surface area contributed by atoms with Crippen molar-refractivity contribution in [2.45, 2.75) is 29.9 Å². The predicted octanol–water partition coefficient (Wildman–Crippen LogP) is 3.73. The van der Waals surface area contributed by atoms with Gasteiger partial charge in [-0.2, -0.15) is 8.78 Å². The number of rotatable bonds is 8. The van der Waals surface area contributed by atoms with E-state index in [-0.39, 0.29) is 29.9 Å². The molecule has 7 nitrogen and oxygen atoms in total. The van der Waals surface area contributed by atoms with Gasteiger partial charge in [-0.1, -0.05) is 30.3 Å². The van der Waals surface area contributed by atoms with Gasteiger partial charge in [-0.25, -0.2) is 9.78 Å². The molecule has 0 saturated heterocycles. The maximum absolute atomic E-state index is 13.0. The maximum Gasteiger partial charge on any atom is 0.328 e. The number of fused-ring (bicyclic) bond motifs is 2. The lowest BCUT2D eigenvalue weighted by atomic mass is 10.0. The average molecular weight is 458 g/mol. The summed E-state index contributed by atoms with van der Waals surface area (Å²) in [4.78, 5) is 32.5. The fourth-order valence-corrected chi connectivity index (χ4v) is 4.22. The second-order valence-corrected chi connectivity index (χ2v) is 8.01. The summed E-state index contributed by atoms with van der Waals surface area (Å²) in [6.45, 7) is -0.267. The van der Waals surface area contributed by atoms with Crippen molar-refractivity contribution in [2.75, 3.05) is 7.11 Å². The molecule has 0 radical (unpaired) electrons. The van der Waals surface area contributed by atoms with Gasteiger partial charge < -0.3 is 19.6 Å². The van der Waals surface area contributed by atoms with Crippen LogP contribution in [0, 0.1) is 0 Å². The third-order valence-corrected chi connectivity index (χ3v) is 5.74. The fraction of sp³-hybridized carbons (Fsp3) is 0.227. The Labute approximate surface area is 186 Å². The van der Waals surface area contributed by atoms with Crippen molar-refractivity contribution in [2.24, 2.45) is 0 Å². The molecule has 0 saturated carbocycles. The van der Waals surface area contributed by atoms with Crippen molar-refractivity contribution in [1.82, 2.24) is 19.9 Å². The molecule has 1 atom stereocenters. The Morgan fingerprint density at radius 3 is 2.72 bits per heavy atom. The molecule has 1 amide bonds. The normalized spacial score (nSPS) is 12.4. The van der Waals surface area contributed by atoms with Crippen molar-refractivity contribution in [3.8, 4) is 0 Å². The second-order valence-electron chi connectivity index (χ2n) is 7.05. The van der Waals surface area contributed by atoms with E-state index in [0.717, 1.165) is 16.5 Å². The van der Waals surface area contributed by atoms with Crippen LogP contribution in [-0.4, -0.2) is 45.3 Å². The molecule has 0 spiro atoms. The first-order valence-electron chi connectivity index (χ1n) is 9.78. The highest BCUT2D eigenvalue weighted by atomic mass is 32.2. The molecule has 1 unspecified atom stereocenters. The maximum atomic E-state index is 13.0. The van der Waals surface area contributed by atoms with E-state index in [9.17, 15) is 18.4 Å². The largest absolute Gasteiger partial charge is 0.467 e. The van der Waals surface area contributed by atoms with E-state index in [0.29, 0.717) is 11.0 Å². The number of hydrogen-bond donors (Lipinski definition) is 2. The summed E-state index contributed by atoms with van der Waals surface area (Å²) in [6.07, 6.45) is 2.00. The Hall–Kier alpha value is -3.40. The van der Waals surface area contributed by atoms with Crippen LogP contribution in [0.3, 0.4) is 0 Å². The minimum Gasteiger partial charge on any atom is -0.467 e. The van der Waals surface area contributed by atoms with E-state index in [1.54, 1.807) is 30.5 Å². The lowest BCUT2D eigenvalue weighted by molar-refractivity contribution is -0.145. The molecule has 2 aromatic carbocycles. The van der Waals surface area contributed by atoms with Gasteiger partial charge in [-0.15, -0.1) is 0 Å². The number of halogens is 2. The van der Waals surface area contributed by atoms with Gasteiger partial charge >= 0.3 is 5.97 Å². The number of thioether (sulfide) groups is 1. The summed E-state index contributed by atoms with van der Waals surface area (Å²) >= 11 is 0.270. The number of nitrogens with zero attached hydrogens (tertiary/aromatic N) is 2. The Morgan fingerprint density at radius 1 is 1.19 bits per heavy atom. The van der Waals surface area contributed by atoms with E-state index in [4.69, 9.17) is 4.74 Å². The third kappa shape index (κ3) is 4.59. The number of carbonyl (C=O) groups is 2. The molecule has 10 heteroatoms. The molecular formula is C22H20F2N4O3S. The number of ether oxygens (including phenoxy) is 1. The van der Waals surface area contributed by atoms with Gasteiger partial charge in [0.2, 0.25) is 5.91 Å². The zero-order valence-electron chi connectivity index (χ0n) is 17.0. The zero-order chi connectivity index (χ0) is 22.7. The van der Waals surface area contributed by atoms with Crippen molar-refractivity contribution in [3.05, 3.63) is 60.3 Å². The molecule has 0 aliphatic heterocycles. The number of imidazole rings is 1. The Kier molecular flexibility index (Phi) is 6.40. The van der Waals surface area contributed by atoms with Crippen LogP contribution in [0.15, 0.2) is 59.9 Å². The number of para-hydroxylation sites is 3. The molecule has 0 bridgehead atoms. The predicted molar refractivity (Wildman–Crippen MR) is 118 cm³/mol. The molecule has 2 aromatic heterocycles. The van der Waals surface area contributed by atoms with Gasteiger partial charge in [0.15, 0.2) is 5.16 Å². The van der Waals surface area contributed by atoms with Gasteiger partial charge in [-0.3, -0.25) is 4.79 Å². The van der Waals surface area contributed by atoms with Crippen LogP contribution in [0.25, 0.3) is 21.9 Å². The van der Waals surface area contributed by atoms with Gasteiger partial charge in [0, 0.05) is 23.5 Å². The molecular weight excluding hydrogens is 438 g/mol. The number of benzene rings is 2. The first-order chi connectivity index (χ1) is 15.5. The van der Waals surface area contributed by atoms with Crippen molar-refractivity contribution in [1.29, 1.82) is 0 Å². The summed E-state index contributed by atoms with van der Waals surface area (Å²) in [6, 6.07) is 13.5. The zero-order valence-corrected chi connectivity index (χ0v) is 17.9. The highest BCUT2D eigenvalue weighted by molar-refractivity contribution is 7.99. The van der Waals surface area contributed by atoms with E-state index in [2.05, 4.69) is 15.3 Å². The van der Waals surface area contributed by atoms with Crippen LogP contribution in [0.2, 0.25) is 0 Å². The van der Waals surface area contributed by atoms with E-state index in [1.807, 2.05) is 24.3 Å². The number of alkyl halides is 2. The number of hydrogen-bond acceptors (Lipinski definition) is 5. The second kappa shape index (κ2) is 9.39. The Bertz CT molecular complexity index is 1270. The summed E-state index contributed by atoms with van der Waals surface area (Å²) in [5.41, 5.74) is 2.82. The molecule has 2 N–H and O–H groups in total. The lowest BCUT2D eigenvalue weighted by Crippen LogP contribution is -2.44. The van der Waals surface area contributed by atoms with Gasteiger partial charge in [-0.05, 0) is 35.5 Å². The summed E-state index contributed by atoms with van der Waals surface area (Å²) in [5.74, 6) is -3.79. The molecule has 0 fully saturated rings. The fourth-order valence-electron chi connectivity index (χ4n) is 3.62. The van der Waals surface area contributed by atoms with E-state index >= 15 is 0 Å². The number of aromatic amines is 1. The van der Waals surface area contributed by atoms with Gasteiger partial charge in [0.05, 0.1) is 18.1 Å². The van der Waals surface area contributed by atoms with Crippen molar-refractivity contribution < 1.29 is 23.1 Å². The first kappa shape index (κ1) is 21.8. The van der Waals surface area contributed by atoms with Crippen LogP contribution in [0.1, 0.15) is 5.56 Å². The smallest absolute Gasteiger partial charge is 0.328 e. The number of esters is 1. The standard InChI is InChI=1S/C22H20F2N4O3S/c1-31-20(30)17(10-13-11-25-15-7-3-2-6-14(13)15)26-19(29)12-28-18-9-5-4-8-16(18)27-22(28)32-21(23)24/h2-9,11,17,21,25H,10,12H2,1H3,(H,26,29). The molecule has 4 aromatic rings. The number of H-pyrrole nitrogens is 1. The van der Waals surface area contributed by atoms with Gasteiger partial charge in [0.1, 0.15) is 12.6 Å². The number of carbonyl (C=O) groups excluding carboxylic acids is 2. The van der Waals surface area contributed by atoms with E-state index < -0.39 is 23.7 Å². The van der Waals surface area contributed by atoms with Crippen LogP contribution < -0.4 is 5.32 Å². The van der Waals surface area contributed by atoms with E-state index in [1.165, 1.54) is 11.7 Å². The average Bonchev–Trinajstić information content (AvgIpc) is 3.34. The lowest BCUT2D eigenvalue weighted by Gasteiger charge is -2.17. The van der Waals surface area contributed by atoms with Gasteiger partial charge in [0.25, 0.3) is 5.76 Å². The molecule has 32 heavy (non-hydrogen) atoms. The van der Waals surface area contributed by atoms with Crippen LogP contribution in [-0.2, 0) is 27.3 Å². The molecule has 0 aliphatic carbocycles. The SMILES string of the molecule is COC(=O)C(Cc1c[nH]c2ccccc12)NC(=O)Cn1c(SC(F)F)nc2ccccc21. The number of nitrogens with one attached hydrogen (secondary N) is 2. The molecule has 2 heterocycles.